The second kappa shape index (κ2) is 4.14. The third kappa shape index (κ3) is 2.41. The third-order valence-electron chi connectivity index (χ3n) is 2.67. The molecule has 0 aromatic carbocycles. The van der Waals surface area contributed by atoms with E-state index in [0.29, 0.717) is 0 Å². The minimum Gasteiger partial charge on any atom is -0.315 e. The van der Waals surface area contributed by atoms with E-state index in [9.17, 15) is 4.79 Å². The smallest absolute Gasteiger partial charge is 0.242 e. The van der Waals surface area contributed by atoms with Crippen molar-refractivity contribution in [1.29, 1.82) is 0 Å². The quantitative estimate of drug-likeness (QED) is 0.826. The van der Waals surface area contributed by atoms with Crippen LogP contribution in [-0.4, -0.2) is 22.9 Å². The zero-order valence-corrected chi connectivity index (χ0v) is 10.6. The maximum Gasteiger partial charge on any atom is 0.242 e. The van der Waals surface area contributed by atoms with Crippen LogP contribution in [0, 0.1) is 0 Å². The van der Waals surface area contributed by atoms with Crippen molar-refractivity contribution in [3.8, 4) is 0 Å². The minimum absolute atomic E-state index is 0.0137. The Kier molecular flexibility index (Phi) is 2.99. The number of nitrogens with zero attached hydrogens (tertiary/aromatic N) is 1. The lowest BCUT2D eigenvalue weighted by Gasteiger charge is -2.25. The van der Waals surface area contributed by atoms with E-state index >= 15 is 0 Å². The van der Waals surface area contributed by atoms with Crippen molar-refractivity contribution in [2.45, 2.75) is 38.6 Å². The SMILES string of the molecule is CC(C)(C)c1cc(NC(=O)C2CCN2)sn1. The molecule has 16 heavy (non-hydrogen) atoms. The highest BCUT2D eigenvalue weighted by atomic mass is 32.1. The van der Waals surface area contributed by atoms with E-state index in [4.69, 9.17) is 0 Å². The van der Waals surface area contributed by atoms with Gasteiger partial charge in [-0.1, -0.05) is 20.8 Å². The minimum atomic E-state index is -0.0137. The van der Waals surface area contributed by atoms with Crippen molar-refractivity contribution in [3.63, 3.8) is 0 Å². The highest BCUT2D eigenvalue weighted by Gasteiger charge is 2.25. The molecule has 1 amide bonds. The van der Waals surface area contributed by atoms with Crippen LogP contribution in [0.15, 0.2) is 6.07 Å². The molecule has 2 N–H and O–H groups in total. The van der Waals surface area contributed by atoms with Gasteiger partial charge in [-0.25, -0.2) is 0 Å². The van der Waals surface area contributed by atoms with Crippen LogP contribution in [0.1, 0.15) is 32.9 Å². The van der Waals surface area contributed by atoms with Gasteiger partial charge in [-0.3, -0.25) is 4.79 Å². The van der Waals surface area contributed by atoms with E-state index < -0.39 is 0 Å². The Morgan fingerprint density at radius 3 is 2.75 bits per heavy atom. The lowest BCUT2D eigenvalue weighted by atomic mass is 9.92. The number of hydrogen-bond donors (Lipinski definition) is 2. The maximum absolute atomic E-state index is 11.7. The van der Waals surface area contributed by atoms with Gasteiger partial charge < -0.3 is 10.6 Å². The maximum atomic E-state index is 11.7. The molecular weight excluding hydrogens is 222 g/mol. The van der Waals surface area contributed by atoms with Crippen LogP contribution in [0.4, 0.5) is 5.00 Å². The summed E-state index contributed by atoms with van der Waals surface area (Å²) in [5.41, 5.74) is 1.06. The zero-order valence-electron chi connectivity index (χ0n) is 9.83. The summed E-state index contributed by atoms with van der Waals surface area (Å²) >= 11 is 1.35. The summed E-state index contributed by atoms with van der Waals surface area (Å²) in [6.07, 6.45) is 0.927. The van der Waals surface area contributed by atoms with Crippen molar-refractivity contribution in [2.24, 2.45) is 0 Å². The van der Waals surface area contributed by atoms with Crippen molar-refractivity contribution in [1.82, 2.24) is 9.69 Å². The summed E-state index contributed by atoms with van der Waals surface area (Å²) in [6, 6.07) is 1.95. The molecule has 2 heterocycles. The summed E-state index contributed by atoms with van der Waals surface area (Å²) < 4.78 is 4.35. The van der Waals surface area contributed by atoms with E-state index in [2.05, 4.69) is 35.8 Å². The van der Waals surface area contributed by atoms with E-state index in [1.807, 2.05) is 6.07 Å². The van der Waals surface area contributed by atoms with Crippen molar-refractivity contribution < 1.29 is 4.79 Å². The van der Waals surface area contributed by atoms with Crippen LogP contribution in [0.3, 0.4) is 0 Å². The van der Waals surface area contributed by atoms with Crippen LogP contribution in [0.5, 0.6) is 0 Å². The Morgan fingerprint density at radius 1 is 1.62 bits per heavy atom. The monoisotopic (exact) mass is 239 g/mol. The first-order valence-electron chi connectivity index (χ1n) is 5.48. The molecule has 5 heteroatoms. The van der Waals surface area contributed by atoms with Gasteiger partial charge in [0.15, 0.2) is 0 Å². The molecule has 1 unspecified atom stereocenters. The average molecular weight is 239 g/mol. The number of rotatable bonds is 2. The molecule has 2 rings (SSSR count). The van der Waals surface area contributed by atoms with E-state index in [0.717, 1.165) is 23.7 Å². The fourth-order valence-electron chi connectivity index (χ4n) is 1.41. The molecule has 1 saturated heterocycles. The van der Waals surface area contributed by atoms with Gasteiger partial charge in [-0.2, -0.15) is 4.37 Å². The summed E-state index contributed by atoms with van der Waals surface area (Å²) in [5, 5.41) is 6.80. The summed E-state index contributed by atoms with van der Waals surface area (Å²) in [5.74, 6) is 0.0513. The van der Waals surface area contributed by atoms with Crippen LogP contribution < -0.4 is 10.6 Å². The van der Waals surface area contributed by atoms with E-state index in [-0.39, 0.29) is 17.4 Å². The normalized spacial score (nSPS) is 20.3. The molecule has 0 aliphatic carbocycles. The van der Waals surface area contributed by atoms with E-state index in [1.54, 1.807) is 0 Å². The average Bonchev–Trinajstić information content (AvgIpc) is 2.47. The number of anilines is 1. The second-order valence-electron chi connectivity index (χ2n) is 5.11. The van der Waals surface area contributed by atoms with Crippen molar-refractivity contribution in [2.75, 3.05) is 11.9 Å². The summed E-state index contributed by atoms with van der Waals surface area (Å²) in [4.78, 5) is 11.7. The van der Waals surface area contributed by atoms with Gasteiger partial charge in [0.05, 0.1) is 11.7 Å². The lowest BCUT2D eigenvalue weighted by Crippen LogP contribution is -2.50. The number of carbonyl (C=O) groups is 1. The summed E-state index contributed by atoms with van der Waals surface area (Å²) in [6.45, 7) is 7.28. The van der Waals surface area contributed by atoms with Crippen LogP contribution in [0.2, 0.25) is 0 Å². The van der Waals surface area contributed by atoms with Crippen LogP contribution >= 0.6 is 11.5 Å². The molecular formula is C11H17N3OS. The topological polar surface area (TPSA) is 54.0 Å². The molecule has 1 aliphatic rings. The second-order valence-corrected chi connectivity index (χ2v) is 5.92. The van der Waals surface area contributed by atoms with Crippen LogP contribution in [0.25, 0.3) is 0 Å². The molecule has 0 saturated carbocycles. The largest absolute Gasteiger partial charge is 0.315 e. The Bertz CT molecular complexity index is 390. The third-order valence-corrected chi connectivity index (χ3v) is 3.37. The molecule has 0 spiro atoms. The number of carbonyl (C=O) groups excluding carboxylic acids is 1. The molecule has 1 aromatic rings. The first-order valence-corrected chi connectivity index (χ1v) is 6.25. The molecule has 1 atom stereocenters. The van der Waals surface area contributed by atoms with Gasteiger partial charge in [0.1, 0.15) is 5.00 Å². The Labute approximate surface area is 99.6 Å². The van der Waals surface area contributed by atoms with Gasteiger partial charge >= 0.3 is 0 Å². The fourth-order valence-corrected chi connectivity index (χ4v) is 2.24. The molecule has 88 valence electrons. The number of nitrogens with one attached hydrogen (secondary N) is 2. The molecule has 1 aliphatic heterocycles. The van der Waals surface area contributed by atoms with E-state index in [1.165, 1.54) is 11.5 Å². The van der Waals surface area contributed by atoms with Gasteiger partial charge in [-0.15, -0.1) is 0 Å². The van der Waals surface area contributed by atoms with Gasteiger partial charge in [0.25, 0.3) is 0 Å². The molecule has 1 fully saturated rings. The molecule has 4 nitrogen and oxygen atoms in total. The number of hydrogen-bond acceptors (Lipinski definition) is 4. The molecule has 0 bridgehead atoms. The van der Waals surface area contributed by atoms with Crippen molar-refractivity contribution in [3.05, 3.63) is 11.8 Å². The van der Waals surface area contributed by atoms with Gasteiger partial charge in [0, 0.05) is 5.41 Å². The first-order chi connectivity index (χ1) is 7.47. The molecule has 1 aromatic heterocycles. The van der Waals surface area contributed by atoms with Crippen LogP contribution in [-0.2, 0) is 10.2 Å². The predicted molar refractivity (Wildman–Crippen MR) is 65.9 cm³/mol. The molecule has 0 radical (unpaired) electrons. The zero-order chi connectivity index (χ0) is 11.8. The van der Waals surface area contributed by atoms with Gasteiger partial charge in [0.2, 0.25) is 5.91 Å². The Morgan fingerprint density at radius 2 is 2.31 bits per heavy atom. The highest BCUT2D eigenvalue weighted by molar-refractivity contribution is 7.10. The number of amides is 1. The Hall–Kier alpha value is -0.940. The first kappa shape index (κ1) is 11.5. The lowest BCUT2D eigenvalue weighted by molar-refractivity contribution is -0.119. The van der Waals surface area contributed by atoms with Gasteiger partial charge in [-0.05, 0) is 30.6 Å². The number of aromatic nitrogens is 1. The highest BCUT2D eigenvalue weighted by Crippen LogP contribution is 2.27. The van der Waals surface area contributed by atoms with Crippen molar-refractivity contribution >= 4 is 22.4 Å². The summed E-state index contributed by atoms with van der Waals surface area (Å²) in [7, 11) is 0. The Balaban J connectivity index is 1.99. The standard InChI is InChI=1S/C11H17N3OS/c1-11(2,3)8-6-9(16-14-8)13-10(15)7-4-5-12-7/h6-7,12H,4-5H2,1-3H3,(H,13,15). The predicted octanol–water partition coefficient (Wildman–Crippen LogP) is 1.74. The fraction of sp³-hybridized carbons (Fsp3) is 0.636.